The summed E-state index contributed by atoms with van der Waals surface area (Å²) in [7, 11) is 0. The molecular weight excluding hydrogens is 440 g/mol. The minimum Gasteiger partial charge on any atom is -0.436 e. The monoisotopic (exact) mass is 456 g/mol. The summed E-state index contributed by atoms with van der Waals surface area (Å²) in [4.78, 5) is 17.6. The molecule has 0 aliphatic heterocycles. The number of nitrogens with zero attached hydrogens (tertiary/aromatic N) is 1. The summed E-state index contributed by atoms with van der Waals surface area (Å²) in [6, 6.07) is 25.0. The van der Waals surface area contributed by atoms with Crippen LogP contribution in [0.4, 0.5) is 5.69 Å². The van der Waals surface area contributed by atoms with E-state index in [1.165, 1.54) is 0 Å². The third kappa shape index (κ3) is 3.37. The molecule has 0 atom stereocenters. The Labute approximate surface area is 181 Å². The number of anilines is 1. The summed E-state index contributed by atoms with van der Waals surface area (Å²) in [5.41, 5.74) is 4.79. The van der Waals surface area contributed by atoms with Crippen LogP contribution in [0.1, 0.15) is 15.9 Å². The maximum absolute atomic E-state index is 13.0. The standard InChI is InChI=1S/C25H17BrN2O2/c1-15-11-12-22-23(13-15)30-25(28-22)16-5-2-6-17(14-16)27-24(29)20-9-3-8-19-18(20)7-4-10-21(19)26/h2-14H,1H3,(H,27,29). The van der Waals surface area contributed by atoms with E-state index in [0.29, 0.717) is 17.1 Å². The lowest BCUT2D eigenvalue weighted by Gasteiger charge is -2.09. The molecule has 4 nitrogen and oxygen atoms in total. The average Bonchev–Trinajstić information content (AvgIpc) is 3.17. The summed E-state index contributed by atoms with van der Waals surface area (Å²) in [6.07, 6.45) is 0. The second-order valence-electron chi connectivity index (χ2n) is 7.17. The van der Waals surface area contributed by atoms with Crippen LogP contribution in [0, 0.1) is 6.92 Å². The molecule has 146 valence electrons. The van der Waals surface area contributed by atoms with Gasteiger partial charge in [-0.2, -0.15) is 0 Å². The van der Waals surface area contributed by atoms with Gasteiger partial charge in [0.05, 0.1) is 0 Å². The molecule has 0 aliphatic carbocycles. The zero-order valence-corrected chi connectivity index (χ0v) is 17.7. The number of aryl methyl sites for hydroxylation is 1. The van der Waals surface area contributed by atoms with Gasteiger partial charge in [0, 0.05) is 21.3 Å². The van der Waals surface area contributed by atoms with Crippen molar-refractivity contribution in [1.29, 1.82) is 0 Å². The van der Waals surface area contributed by atoms with Crippen LogP contribution in [0.5, 0.6) is 0 Å². The fourth-order valence-corrected chi connectivity index (χ4v) is 4.05. The first kappa shape index (κ1) is 18.6. The van der Waals surface area contributed by atoms with Crippen molar-refractivity contribution in [2.24, 2.45) is 0 Å². The van der Waals surface area contributed by atoms with Gasteiger partial charge in [0.1, 0.15) is 5.52 Å². The summed E-state index contributed by atoms with van der Waals surface area (Å²) < 4.78 is 6.88. The first-order valence-corrected chi connectivity index (χ1v) is 10.3. The molecule has 0 spiro atoms. The molecule has 0 bridgehead atoms. The third-order valence-electron chi connectivity index (χ3n) is 5.02. The lowest BCUT2D eigenvalue weighted by atomic mass is 10.0. The number of halogens is 1. The van der Waals surface area contributed by atoms with Crippen molar-refractivity contribution in [3.8, 4) is 11.5 Å². The number of fused-ring (bicyclic) bond motifs is 2. The minimum absolute atomic E-state index is 0.163. The van der Waals surface area contributed by atoms with E-state index in [4.69, 9.17) is 4.42 Å². The van der Waals surface area contributed by atoms with Gasteiger partial charge in [-0.15, -0.1) is 0 Å². The van der Waals surface area contributed by atoms with Crippen LogP contribution >= 0.6 is 15.9 Å². The molecule has 0 saturated carbocycles. The molecule has 0 radical (unpaired) electrons. The molecule has 5 heteroatoms. The fraction of sp³-hybridized carbons (Fsp3) is 0.0400. The molecule has 1 heterocycles. The second kappa shape index (κ2) is 7.43. The highest BCUT2D eigenvalue weighted by Crippen LogP contribution is 2.29. The minimum atomic E-state index is -0.163. The number of oxazole rings is 1. The van der Waals surface area contributed by atoms with Gasteiger partial charge in [-0.1, -0.05) is 52.3 Å². The van der Waals surface area contributed by atoms with Crippen molar-refractivity contribution < 1.29 is 9.21 Å². The van der Waals surface area contributed by atoms with E-state index in [0.717, 1.165) is 37.5 Å². The molecule has 0 saturated heterocycles. The van der Waals surface area contributed by atoms with Crippen LogP contribution in [-0.2, 0) is 0 Å². The van der Waals surface area contributed by atoms with Gasteiger partial charge in [0.15, 0.2) is 5.58 Å². The topological polar surface area (TPSA) is 55.1 Å². The number of hydrogen-bond acceptors (Lipinski definition) is 3. The summed E-state index contributed by atoms with van der Waals surface area (Å²) in [5, 5.41) is 4.90. The van der Waals surface area contributed by atoms with Crippen LogP contribution in [0.15, 0.2) is 87.8 Å². The largest absolute Gasteiger partial charge is 0.436 e. The summed E-state index contributed by atoms with van der Waals surface area (Å²) in [6.45, 7) is 2.02. The highest BCUT2D eigenvalue weighted by molar-refractivity contribution is 9.10. The fourth-order valence-electron chi connectivity index (χ4n) is 3.55. The van der Waals surface area contributed by atoms with Crippen LogP contribution in [0.25, 0.3) is 33.3 Å². The number of hydrogen-bond donors (Lipinski definition) is 1. The molecule has 0 unspecified atom stereocenters. The number of carbonyl (C=O) groups is 1. The lowest BCUT2D eigenvalue weighted by Crippen LogP contribution is -2.12. The molecule has 1 amide bonds. The molecule has 1 aromatic heterocycles. The van der Waals surface area contributed by atoms with Crippen molar-refractivity contribution in [2.75, 3.05) is 5.32 Å². The molecule has 30 heavy (non-hydrogen) atoms. The van der Waals surface area contributed by atoms with E-state index >= 15 is 0 Å². The van der Waals surface area contributed by atoms with E-state index in [9.17, 15) is 4.79 Å². The van der Waals surface area contributed by atoms with Crippen LogP contribution in [0.2, 0.25) is 0 Å². The molecule has 0 fully saturated rings. The number of benzene rings is 4. The summed E-state index contributed by atoms with van der Waals surface area (Å²) >= 11 is 3.55. The zero-order valence-electron chi connectivity index (χ0n) is 16.1. The lowest BCUT2D eigenvalue weighted by molar-refractivity contribution is 0.102. The average molecular weight is 457 g/mol. The molecule has 1 N–H and O–H groups in total. The Morgan fingerprint density at radius 2 is 1.73 bits per heavy atom. The predicted molar refractivity (Wildman–Crippen MR) is 124 cm³/mol. The van der Waals surface area contributed by atoms with E-state index in [1.54, 1.807) is 0 Å². The van der Waals surface area contributed by atoms with Crippen molar-refractivity contribution in [3.05, 3.63) is 94.5 Å². The zero-order chi connectivity index (χ0) is 20.7. The van der Waals surface area contributed by atoms with Gasteiger partial charge in [-0.05, 0) is 65.7 Å². The van der Waals surface area contributed by atoms with E-state index in [2.05, 4.69) is 26.2 Å². The number of nitrogens with one attached hydrogen (secondary N) is 1. The van der Waals surface area contributed by atoms with E-state index in [-0.39, 0.29) is 5.91 Å². The van der Waals surface area contributed by atoms with Crippen LogP contribution in [0.3, 0.4) is 0 Å². The first-order valence-electron chi connectivity index (χ1n) is 9.55. The Morgan fingerprint density at radius 3 is 2.63 bits per heavy atom. The van der Waals surface area contributed by atoms with Crippen molar-refractivity contribution >= 4 is 49.4 Å². The maximum atomic E-state index is 13.0. The van der Waals surface area contributed by atoms with Gasteiger partial charge >= 0.3 is 0 Å². The van der Waals surface area contributed by atoms with Crippen LogP contribution in [-0.4, -0.2) is 10.9 Å². The third-order valence-corrected chi connectivity index (χ3v) is 5.72. The van der Waals surface area contributed by atoms with Gasteiger partial charge in [0.25, 0.3) is 5.91 Å². The van der Waals surface area contributed by atoms with Gasteiger partial charge in [0.2, 0.25) is 5.89 Å². The van der Waals surface area contributed by atoms with Gasteiger partial charge in [-0.25, -0.2) is 4.98 Å². The highest BCUT2D eigenvalue weighted by Gasteiger charge is 2.13. The quantitative estimate of drug-likeness (QED) is 0.318. The molecular formula is C25H17BrN2O2. The molecule has 4 aromatic carbocycles. The SMILES string of the molecule is Cc1ccc2nc(-c3cccc(NC(=O)c4cccc5c(Br)cccc45)c3)oc2c1. The molecule has 5 rings (SSSR count). The Bertz CT molecular complexity index is 1420. The Hall–Kier alpha value is -3.44. The first-order chi connectivity index (χ1) is 14.6. The predicted octanol–water partition coefficient (Wildman–Crippen LogP) is 6.97. The Morgan fingerprint density at radius 1 is 0.933 bits per heavy atom. The number of amides is 1. The van der Waals surface area contributed by atoms with Crippen LogP contribution < -0.4 is 5.32 Å². The van der Waals surface area contributed by atoms with E-state index < -0.39 is 0 Å². The molecule has 0 aliphatic rings. The number of aromatic nitrogens is 1. The smallest absolute Gasteiger partial charge is 0.256 e. The van der Waals surface area contributed by atoms with Gasteiger partial charge < -0.3 is 9.73 Å². The number of rotatable bonds is 3. The Balaban J connectivity index is 1.47. The van der Waals surface area contributed by atoms with E-state index in [1.807, 2.05) is 85.8 Å². The number of carbonyl (C=O) groups excluding carboxylic acids is 1. The summed E-state index contributed by atoms with van der Waals surface area (Å²) in [5.74, 6) is 0.366. The Kier molecular flexibility index (Phi) is 4.60. The normalized spacial score (nSPS) is 11.1. The molecule has 5 aromatic rings. The van der Waals surface area contributed by atoms with Gasteiger partial charge in [-0.3, -0.25) is 4.79 Å². The van der Waals surface area contributed by atoms with Crippen molar-refractivity contribution in [1.82, 2.24) is 4.98 Å². The highest BCUT2D eigenvalue weighted by atomic mass is 79.9. The maximum Gasteiger partial charge on any atom is 0.256 e. The van der Waals surface area contributed by atoms with Crippen molar-refractivity contribution in [3.63, 3.8) is 0 Å². The second-order valence-corrected chi connectivity index (χ2v) is 8.02. The van der Waals surface area contributed by atoms with Crippen molar-refractivity contribution in [2.45, 2.75) is 6.92 Å².